The predicted octanol–water partition coefficient (Wildman–Crippen LogP) is -2.38. The van der Waals surface area contributed by atoms with E-state index in [9.17, 15) is 4.39 Å². The second-order valence-electron chi connectivity index (χ2n) is 2.41. The topological polar surface area (TPSA) is 0 Å². The molecule has 0 bridgehead atoms. The summed E-state index contributed by atoms with van der Waals surface area (Å²) in [7, 11) is 5.42. The van der Waals surface area contributed by atoms with Gasteiger partial charge < -0.3 is 16.9 Å². The number of quaternary nitrogens is 1. The summed E-state index contributed by atoms with van der Waals surface area (Å²) in [6, 6.07) is 0. The molecule has 0 aromatic carbocycles. The monoisotopic (exact) mass is 127 g/mol. The molecule has 0 atom stereocenters. The average Bonchev–Trinajstić information content (AvgIpc) is 1.35. The van der Waals surface area contributed by atoms with E-state index < -0.39 is 0 Å². The van der Waals surface area contributed by atoms with Gasteiger partial charge in [0, 0.05) is 0 Å². The molecule has 0 fully saturated rings. The van der Waals surface area contributed by atoms with Crippen molar-refractivity contribution >= 4 is 0 Å². The molecule has 7 heavy (non-hydrogen) atoms. The van der Waals surface area contributed by atoms with Crippen molar-refractivity contribution in [1.29, 1.82) is 0 Å². The van der Waals surface area contributed by atoms with E-state index in [2.05, 4.69) is 0 Å². The van der Waals surface area contributed by atoms with E-state index in [-0.39, 0.29) is 19.2 Å². The molecule has 0 aliphatic heterocycles. The molecule has 3 heteroatoms. The van der Waals surface area contributed by atoms with E-state index in [0.29, 0.717) is 4.48 Å². The Bertz CT molecular complexity index is 41.4. The molecule has 0 spiro atoms. The summed E-state index contributed by atoms with van der Waals surface area (Å²) in [4.78, 5) is 0. The van der Waals surface area contributed by atoms with Crippen molar-refractivity contribution in [2.75, 3.05) is 27.9 Å². The van der Waals surface area contributed by atoms with Gasteiger partial charge in [-0.15, -0.1) is 0 Å². The van der Waals surface area contributed by atoms with E-state index in [1.54, 1.807) is 21.1 Å². The molecule has 0 aromatic rings. The van der Waals surface area contributed by atoms with Gasteiger partial charge in [0.2, 0.25) is 6.80 Å². The van der Waals surface area contributed by atoms with E-state index in [1.807, 2.05) is 0 Å². The van der Waals surface area contributed by atoms with Crippen LogP contribution in [0.25, 0.3) is 0 Å². The summed E-state index contributed by atoms with van der Waals surface area (Å²) >= 11 is 0. The highest BCUT2D eigenvalue weighted by molar-refractivity contribution is 3.95. The van der Waals surface area contributed by atoms with E-state index in [0.717, 1.165) is 0 Å². The Morgan fingerprint density at radius 3 is 1.43 bits per heavy atom. The fourth-order valence-corrected chi connectivity index (χ4v) is 0. The molecule has 0 unspecified atom stereocenters. The zero-order chi connectivity index (χ0) is 5.21. The molecule has 0 saturated heterocycles. The van der Waals surface area contributed by atoms with Gasteiger partial charge in [0.1, 0.15) is 0 Å². The van der Waals surface area contributed by atoms with Gasteiger partial charge in [0.25, 0.3) is 0 Å². The summed E-state index contributed by atoms with van der Waals surface area (Å²) in [6.45, 7) is -0.292. The number of nitrogens with zero attached hydrogens (tertiary/aromatic N) is 1. The first-order valence-corrected chi connectivity index (χ1v) is 1.93. The summed E-state index contributed by atoms with van der Waals surface area (Å²) in [5.74, 6) is 0. The average molecular weight is 128 g/mol. The Balaban J connectivity index is 0. The fraction of sp³-hybridized carbons (Fsp3) is 1.00. The first-order chi connectivity index (χ1) is 2.56. The Morgan fingerprint density at radius 2 is 1.43 bits per heavy atom. The molecule has 0 amide bonds. The summed E-state index contributed by atoms with van der Waals surface area (Å²) in [5, 5.41) is 0. The molecule has 1 nitrogen and oxygen atoms in total. The molecule has 46 valence electrons. The summed E-state index contributed by atoms with van der Waals surface area (Å²) < 4.78 is 11.9. The highest BCUT2D eigenvalue weighted by Gasteiger charge is 2.00. The zero-order valence-corrected chi connectivity index (χ0v) is 5.67. The molecule has 0 aliphatic carbocycles. The van der Waals surface area contributed by atoms with Crippen LogP contribution in [0.5, 0.6) is 0 Å². The summed E-state index contributed by atoms with van der Waals surface area (Å²) in [6.07, 6.45) is 0. The van der Waals surface area contributed by atoms with Crippen LogP contribution in [0.3, 0.4) is 0 Å². The minimum atomic E-state index is -0.292. The largest absolute Gasteiger partial charge is 1.00 e. The molecular weight excluding hydrogens is 117 g/mol. The molecule has 0 saturated carbocycles. The second kappa shape index (κ2) is 3.22. The van der Waals surface area contributed by atoms with Gasteiger partial charge in [-0.25, -0.2) is 0 Å². The maximum atomic E-state index is 11.5. The zero-order valence-electron chi connectivity index (χ0n) is 4.91. The van der Waals surface area contributed by atoms with Crippen LogP contribution < -0.4 is 12.4 Å². The molecule has 0 aliphatic rings. The smallest absolute Gasteiger partial charge is 0.221 e. The third-order valence-corrected chi connectivity index (χ3v) is 0.359. The molecule has 0 rings (SSSR count). The maximum absolute atomic E-state index is 11.5. The van der Waals surface area contributed by atoms with E-state index >= 15 is 0 Å². The molecule has 0 radical (unpaired) electrons. The van der Waals surface area contributed by atoms with Gasteiger partial charge in [-0.2, -0.15) is 4.39 Å². The lowest BCUT2D eigenvalue weighted by atomic mass is 10.8. The lowest BCUT2D eigenvalue weighted by Crippen LogP contribution is -3.00. The van der Waals surface area contributed by atoms with Gasteiger partial charge in [0.15, 0.2) is 0 Å². The van der Waals surface area contributed by atoms with E-state index in [1.165, 1.54) is 0 Å². The lowest BCUT2D eigenvalue weighted by Gasteiger charge is -2.17. The highest BCUT2D eigenvalue weighted by Crippen LogP contribution is 1.86. The van der Waals surface area contributed by atoms with Crippen LogP contribution >= 0.6 is 0 Å². The standard InChI is InChI=1S/C4H11FN.ClH/c1-6(2,3)4-5;/h4H2,1-3H3;1H/q+1;/p-1. The van der Waals surface area contributed by atoms with Crippen LogP contribution in [0.15, 0.2) is 0 Å². The fourth-order valence-electron chi connectivity index (χ4n) is 0. The molecule has 0 N–H and O–H groups in total. The molecule has 0 aromatic heterocycles. The number of halogens is 2. The number of alkyl halides is 1. The van der Waals surface area contributed by atoms with Crippen molar-refractivity contribution in [1.82, 2.24) is 0 Å². The Morgan fingerprint density at radius 1 is 1.29 bits per heavy atom. The van der Waals surface area contributed by atoms with Crippen molar-refractivity contribution in [3.63, 3.8) is 0 Å². The van der Waals surface area contributed by atoms with Gasteiger partial charge in [-0.05, 0) is 0 Å². The van der Waals surface area contributed by atoms with Crippen LogP contribution in [-0.4, -0.2) is 32.4 Å². The Hall–Kier alpha value is 0.180. The Labute approximate surface area is 50.1 Å². The maximum Gasteiger partial charge on any atom is 0.221 e. The van der Waals surface area contributed by atoms with Gasteiger partial charge >= 0.3 is 0 Å². The second-order valence-corrected chi connectivity index (χ2v) is 2.41. The van der Waals surface area contributed by atoms with Gasteiger partial charge in [-0.1, -0.05) is 0 Å². The third-order valence-electron chi connectivity index (χ3n) is 0.359. The van der Waals surface area contributed by atoms with Crippen molar-refractivity contribution in [3.05, 3.63) is 0 Å². The molecular formula is C4H11ClFN. The first-order valence-electron chi connectivity index (χ1n) is 1.93. The van der Waals surface area contributed by atoms with E-state index in [4.69, 9.17) is 0 Å². The predicted molar refractivity (Wildman–Crippen MR) is 24.0 cm³/mol. The van der Waals surface area contributed by atoms with Gasteiger partial charge in [-0.3, -0.25) is 0 Å². The van der Waals surface area contributed by atoms with Crippen molar-refractivity contribution in [2.45, 2.75) is 0 Å². The van der Waals surface area contributed by atoms with Crippen LogP contribution in [0.4, 0.5) is 4.39 Å². The van der Waals surface area contributed by atoms with Crippen LogP contribution in [0, 0.1) is 0 Å². The first kappa shape index (κ1) is 10.2. The summed E-state index contributed by atoms with van der Waals surface area (Å²) in [5.41, 5.74) is 0. The minimum Gasteiger partial charge on any atom is -1.00 e. The van der Waals surface area contributed by atoms with Crippen molar-refractivity contribution in [3.8, 4) is 0 Å². The van der Waals surface area contributed by atoms with Crippen molar-refractivity contribution in [2.24, 2.45) is 0 Å². The lowest BCUT2D eigenvalue weighted by molar-refractivity contribution is -0.883. The number of hydrogen-bond acceptors (Lipinski definition) is 0. The highest BCUT2D eigenvalue weighted by atomic mass is 35.5. The van der Waals surface area contributed by atoms with Crippen molar-refractivity contribution < 1.29 is 21.3 Å². The Kier molecular flexibility index (Phi) is 4.70. The van der Waals surface area contributed by atoms with Crippen LogP contribution in [-0.2, 0) is 0 Å². The minimum absolute atomic E-state index is 0. The SMILES string of the molecule is C[N+](C)(C)CF.[Cl-]. The quantitative estimate of drug-likeness (QED) is 0.273. The molecule has 0 heterocycles. The van der Waals surface area contributed by atoms with Crippen LogP contribution in [0.1, 0.15) is 0 Å². The van der Waals surface area contributed by atoms with Crippen LogP contribution in [0.2, 0.25) is 0 Å². The number of hydrogen-bond donors (Lipinski definition) is 0. The third kappa shape index (κ3) is 10.7. The normalized spacial score (nSPS) is 10.3. The number of rotatable bonds is 1. The van der Waals surface area contributed by atoms with Gasteiger partial charge in [0.05, 0.1) is 21.1 Å².